The van der Waals surface area contributed by atoms with Crippen LogP contribution in [0.25, 0.3) is 0 Å². The molecule has 112 valence electrons. The van der Waals surface area contributed by atoms with Gasteiger partial charge in [-0.1, -0.05) is 19.9 Å². The van der Waals surface area contributed by atoms with Crippen molar-refractivity contribution in [2.75, 3.05) is 13.2 Å². The van der Waals surface area contributed by atoms with Crippen LogP contribution in [0.1, 0.15) is 37.6 Å². The molecule has 1 atom stereocenters. The number of rotatable bonds is 7. The summed E-state index contributed by atoms with van der Waals surface area (Å²) in [6, 6.07) is 3.87. The average Bonchev–Trinajstić information content (AvgIpc) is 2.39. The first kappa shape index (κ1) is 16.4. The molecule has 0 fully saturated rings. The zero-order valence-corrected chi connectivity index (χ0v) is 12.1. The fourth-order valence-electron chi connectivity index (χ4n) is 1.99. The largest absolute Gasteiger partial charge is 0.490 e. The molecule has 2 N–H and O–H groups in total. The van der Waals surface area contributed by atoms with Gasteiger partial charge in [0.05, 0.1) is 24.8 Å². The molecule has 0 saturated heterocycles. The molecular formula is C15H22FNO3. The maximum absolute atomic E-state index is 13.7. The highest BCUT2D eigenvalue weighted by molar-refractivity contribution is 5.97. The second-order valence-corrected chi connectivity index (χ2v) is 5.03. The van der Waals surface area contributed by atoms with Gasteiger partial charge in [0.1, 0.15) is 0 Å². The van der Waals surface area contributed by atoms with E-state index in [1.807, 2.05) is 13.8 Å². The van der Waals surface area contributed by atoms with Crippen LogP contribution in [0, 0.1) is 11.7 Å². The standard InChI is InChI=1S/C15H22FNO3/c1-4-20-14-12(6-5-7-13(14)16)15(19)17-11(9-18)8-10(2)3/h5-7,10-11,18H,4,8-9H2,1-3H3,(H,17,19). The molecule has 1 unspecified atom stereocenters. The number of carbonyl (C=O) groups is 1. The second kappa shape index (κ2) is 7.85. The van der Waals surface area contributed by atoms with Crippen molar-refractivity contribution in [3.8, 4) is 5.75 Å². The molecule has 0 radical (unpaired) electrons. The average molecular weight is 283 g/mol. The Morgan fingerprint density at radius 2 is 2.15 bits per heavy atom. The summed E-state index contributed by atoms with van der Waals surface area (Å²) in [5.41, 5.74) is 0.147. The Balaban J connectivity index is 2.88. The van der Waals surface area contributed by atoms with E-state index in [9.17, 15) is 14.3 Å². The first-order valence-electron chi connectivity index (χ1n) is 6.82. The summed E-state index contributed by atoms with van der Waals surface area (Å²) in [5, 5.41) is 12.0. The number of aliphatic hydroxyl groups excluding tert-OH is 1. The highest BCUT2D eigenvalue weighted by Crippen LogP contribution is 2.23. The number of halogens is 1. The van der Waals surface area contributed by atoms with Crippen molar-refractivity contribution in [1.82, 2.24) is 5.32 Å². The number of aliphatic hydroxyl groups is 1. The summed E-state index contributed by atoms with van der Waals surface area (Å²) < 4.78 is 18.9. The van der Waals surface area contributed by atoms with Crippen LogP contribution in [-0.2, 0) is 0 Å². The van der Waals surface area contributed by atoms with Crippen LogP contribution in [0.15, 0.2) is 18.2 Å². The quantitative estimate of drug-likeness (QED) is 0.807. The summed E-state index contributed by atoms with van der Waals surface area (Å²) in [5.74, 6) is -0.711. The van der Waals surface area contributed by atoms with Crippen LogP contribution in [-0.4, -0.2) is 30.3 Å². The minimum absolute atomic E-state index is 0.0475. The van der Waals surface area contributed by atoms with E-state index < -0.39 is 11.7 Å². The normalized spacial score (nSPS) is 12.3. The number of nitrogens with one attached hydrogen (secondary N) is 1. The molecule has 0 spiro atoms. The second-order valence-electron chi connectivity index (χ2n) is 5.03. The number of ether oxygens (including phenoxy) is 1. The van der Waals surface area contributed by atoms with Gasteiger partial charge in [-0.2, -0.15) is 0 Å². The van der Waals surface area contributed by atoms with Gasteiger partial charge in [0.25, 0.3) is 5.91 Å². The number of carbonyl (C=O) groups excluding carboxylic acids is 1. The van der Waals surface area contributed by atoms with E-state index >= 15 is 0 Å². The predicted octanol–water partition coefficient (Wildman–Crippen LogP) is 2.36. The fourth-order valence-corrected chi connectivity index (χ4v) is 1.99. The van der Waals surface area contributed by atoms with Gasteiger partial charge in [0, 0.05) is 0 Å². The minimum Gasteiger partial charge on any atom is -0.490 e. The number of para-hydroxylation sites is 1. The van der Waals surface area contributed by atoms with Gasteiger partial charge < -0.3 is 15.2 Å². The molecule has 4 nitrogen and oxygen atoms in total. The Morgan fingerprint density at radius 1 is 1.45 bits per heavy atom. The van der Waals surface area contributed by atoms with Crippen molar-refractivity contribution in [3.63, 3.8) is 0 Å². The van der Waals surface area contributed by atoms with Gasteiger partial charge in [-0.3, -0.25) is 4.79 Å². The van der Waals surface area contributed by atoms with Gasteiger partial charge >= 0.3 is 0 Å². The van der Waals surface area contributed by atoms with E-state index in [0.29, 0.717) is 12.3 Å². The molecule has 0 aromatic heterocycles. The topological polar surface area (TPSA) is 58.6 Å². The van der Waals surface area contributed by atoms with Gasteiger partial charge in [0.15, 0.2) is 11.6 Å². The monoisotopic (exact) mass is 283 g/mol. The van der Waals surface area contributed by atoms with E-state index in [0.717, 1.165) is 0 Å². The molecule has 0 aliphatic rings. The lowest BCUT2D eigenvalue weighted by atomic mass is 10.0. The summed E-state index contributed by atoms with van der Waals surface area (Å²) in [6.45, 7) is 5.86. The Bertz CT molecular complexity index is 449. The zero-order chi connectivity index (χ0) is 15.1. The van der Waals surface area contributed by atoms with Crippen LogP contribution in [0.3, 0.4) is 0 Å². The molecule has 20 heavy (non-hydrogen) atoms. The molecule has 5 heteroatoms. The molecule has 1 aromatic rings. The number of benzene rings is 1. The highest BCUT2D eigenvalue weighted by atomic mass is 19.1. The zero-order valence-electron chi connectivity index (χ0n) is 12.1. The van der Waals surface area contributed by atoms with Crippen LogP contribution >= 0.6 is 0 Å². The number of hydrogen-bond acceptors (Lipinski definition) is 3. The van der Waals surface area contributed by atoms with Crippen molar-refractivity contribution in [2.45, 2.75) is 33.2 Å². The Labute approximate surface area is 119 Å². The van der Waals surface area contributed by atoms with Gasteiger partial charge in [-0.05, 0) is 31.4 Å². The molecule has 1 aromatic carbocycles. The van der Waals surface area contributed by atoms with Crippen LogP contribution in [0.5, 0.6) is 5.75 Å². The Hall–Kier alpha value is -1.62. The van der Waals surface area contributed by atoms with Gasteiger partial charge in [-0.15, -0.1) is 0 Å². The summed E-state index contributed by atoms with van der Waals surface area (Å²) in [6.07, 6.45) is 0.654. The predicted molar refractivity (Wildman–Crippen MR) is 75.4 cm³/mol. The fraction of sp³-hybridized carbons (Fsp3) is 0.533. The van der Waals surface area contributed by atoms with Gasteiger partial charge in [0.2, 0.25) is 0 Å². The first-order chi connectivity index (χ1) is 9.49. The lowest BCUT2D eigenvalue weighted by Crippen LogP contribution is -2.38. The third-order valence-electron chi connectivity index (χ3n) is 2.81. The van der Waals surface area contributed by atoms with E-state index in [4.69, 9.17) is 4.74 Å². The smallest absolute Gasteiger partial charge is 0.255 e. The van der Waals surface area contributed by atoms with E-state index in [1.165, 1.54) is 18.2 Å². The van der Waals surface area contributed by atoms with Crippen molar-refractivity contribution < 1.29 is 19.0 Å². The Kier molecular flexibility index (Phi) is 6.45. The highest BCUT2D eigenvalue weighted by Gasteiger charge is 2.19. The minimum atomic E-state index is -0.566. The van der Waals surface area contributed by atoms with Crippen molar-refractivity contribution in [3.05, 3.63) is 29.6 Å². The molecule has 0 aliphatic heterocycles. The summed E-state index contributed by atoms with van der Waals surface area (Å²) in [7, 11) is 0. The first-order valence-corrected chi connectivity index (χ1v) is 6.82. The molecule has 0 saturated carbocycles. The summed E-state index contributed by atoms with van der Waals surface area (Å²) >= 11 is 0. The lowest BCUT2D eigenvalue weighted by Gasteiger charge is -2.19. The van der Waals surface area contributed by atoms with Crippen molar-refractivity contribution in [2.24, 2.45) is 5.92 Å². The van der Waals surface area contributed by atoms with E-state index in [2.05, 4.69) is 5.32 Å². The maximum Gasteiger partial charge on any atom is 0.255 e. The van der Waals surface area contributed by atoms with E-state index in [-0.39, 0.29) is 30.6 Å². The third-order valence-corrected chi connectivity index (χ3v) is 2.81. The van der Waals surface area contributed by atoms with Crippen molar-refractivity contribution >= 4 is 5.91 Å². The molecular weight excluding hydrogens is 261 g/mol. The number of amides is 1. The molecule has 0 heterocycles. The van der Waals surface area contributed by atoms with E-state index in [1.54, 1.807) is 6.92 Å². The molecule has 1 rings (SSSR count). The van der Waals surface area contributed by atoms with Crippen molar-refractivity contribution in [1.29, 1.82) is 0 Å². The van der Waals surface area contributed by atoms with Gasteiger partial charge in [-0.25, -0.2) is 4.39 Å². The molecule has 0 bridgehead atoms. The van der Waals surface area contributed by atoms with Crippen LogP contribution < -0.4 is 10.1 Å². The molecule has 0 aliphatic carbocycles. The summed E-state index contributed by atoms with van der Waals surface area (Å²) in [4.78, 5) is 12.2. The van der Waals surface area contributed by atoms with Crippen LogP contribution in [0.2, 0.25) is 0 Å². The van der Waals surface area contributed by atoms with Crippen LogP contribution in [0.4, 0.5) is 4.39 Å². The SMILES string of the molecule is CCOc1c(F)cccc1C(=O)NC(CO)CC(C)C. The third kappa shape index (κ3) is 4.49. The Morgan fingerprint density at radius 3 is 2.70 bits per heavy atom. The lowest BCUT2D eigenvalue weighted by molar-refractivity contribution is 0.0903. The maximum atomic E-state index is 13.7. The molecule has 1 amide bonds. The number of hydrogen-bond donors (Lipinski definition) is 2.